The van der Waals surface area contributed by atoms with E-state index >= 15 is 0 Å². The summed E-state index contributed by atoms with van der Waals surface area (Å²) in [6.07, 6.45) is 1.56. The minimum absolute atomic E-state index is 0.0535. The summed E-state index contributed by atoms with van der Waals surface area (Å²) in [5.41, 5.74) is 0.730. The third-order valence-electron chi connectivity index (χ3n) is 1.91. The Hall–Kier alpha value is -1.91. The fourth-order valence-electron chi connectivity index (χ4n) is 1.12. The molecule has 0 bridgehead atoms. The van der Waals surface area contributed by atoms with E-state index in [1.165, 1.54) is 10.7 Å². The third kappa shape index (κ3) is 3.05. The molecular formula is C11H14N2O3. The van der Waals surface area contributed by atoms with Crippen molar-refractivity contribution >= 4 is 5.97 Å². The Morgan fingerprint density at radius 3 is 2.88 bits per heavy atom. The minimum atomic E-state index is -0.503. The van der Waals surface area contributed by atoms with Crippen molar-refractivity contribution in [2.75, 3.05) is 6.61 Å². The predicted octanol–water partition coefficient (Wildman–Crippen LogP) is 0.671. The molecule has 5 nitrogen and oxygen atoms in total. The number of hydrogen-bond donors (Lipinski definition) is 0. The van der Waals surface area contributed by atoms with E-state index in [2.05, 4.69) is 11.7 Å². The molecule has 86 valence electrons. The second-order valence-corrected chi connectivity index (χ2v) is 3.35. The van der Waals surface area contributed by atoms with Gasteiger partial charge in [-0.1, -0.05) is 6.58 Å². The van der Waals surface area contributed by atoms with Gasteiger partial charge in [0.15, 0.2) is 0 Å². The maximum Gasteiger partial charge on any atom is 0.335 e. The van der Waals surface area contributed by atoms with Crippen LogP contribution in [-0.4, -0.2) is 22.4 Å². The molecule has 0 aromatic carbocycles. The fourth-order valence-corrected chi connectivity index (χ4v) is 1.12. The van der Waals surface area contributed by atoms with Gasteiger partial charge in [-0.25, -0.2) is 9.48 Å². The minimum Gasteiger partial charge on any atom is -0.463 e. The van der Waals surface area contributed by atoms with E-state index in [9.17, 15) is 9.59 Å². The highest BCUT2D eigenvalue weighted by Gasteiger charge is 2.09. The van der Waals surface area contributed by atoms with Crippen LogP contribution in [0.2, 0.25) is 0 Å². The second kappa shape index (κ2) is 5.25. The molecule has 0 aliphatic carbocycles. The highest BCUT2D eigenvalue weighted by Crippen LogP contribution is 1.97. The number of aryl methyl sites for hydroxylation is 1. The zero-order valence-electron chi connectivity index (χ0n) is 9.40. The molecule has 1 rings (SSSR count). The van der Waals surface area contributed by atoms with Crippen LogP contribution >= 0.6 is 0 Å². The smallest absolute Gasteiger partial charge is 0.335 e. The number of hydrogen-bond acceptors (Lipinski definition) is 4. The number of carbonyl (C=O) groups excluding carboxylic acids is 1. The van der Waals surface area contributed by atoms with Gasteiger partial charge in [0.05, 0.1) is 24.9 Å². The molecule has 0 N–H and O–H groups in total. The molecule has 0 saturated heterocycles. The quantitative estimate of drug-likeness (QED) is 0.555. The summed E-state index contributed by atoms with van der Waals surface area (Å²) >= 11 is 0. The summed E-state index contributed by atoms with van der Waals surface area (Å²) in [7, 11) is 0. The molecule has 5 heteroatoms. The Morgan fingerprint density at radius 1 is 1.62 bits per heavy atom. The summed E-state index contributed by atoms with van der Waals surface area (Å²) in [6, 6.07) is 1.45. The standard InChI is InChI=1S/C11H14N2O3/c1-4-16-11(15)9(3)7-13-10(14)5-8(2)6-12-13/h5-6H,3-4,7H2,1-2H3. The first kappa shape index (κ1) is 12.2. The number of ether oxygens (including phenoxy) is 1. The lowest BCUT2D eigenvalue weighted by atomic mass is 10.3. The summed E-state index contributed by atoms with van der Waals surface area (Å²) < 4.78 is 5.93. The topological polar surface area (TPSA) is 61.2 Å². The molecule has 0 radical (unpaired) electrons. The Bertz CT molecular complexity index is 463. The van der Waals surface area contributed by atoms with Gasteiger partial charge in [0.1, 0.15) is 0 Å². The van der Waals surface area contributed by atoms with E-state index in [4.69, 9.17) is 4.74 Å². The first-order valence-electron chi connectivity index (χ1n) is 4.93. The Labute approximate surface area is 93.4 Å². The SMILES string of the molecule is C=C(Cn1ncc(C)cc1=O)C(=O)OCC. The van der Waals surface area contributed by atoms with E-state index in [0.29, 0.717) is 0 Å². The number of aromatic nitrogens is 2. The zero-order chi connectivity index (χ0) is 12.1. The van der Waals surface area contributed by atoms with Crippen molar-refractivity contribution in [3.63, 3.8) is 0 Å². The average molecular weight is 222 g/mol. The summed E-state index contributed by atoms with van der Waals surface area (Å²) in [6.45, 7) is 7.38. The highest BCUT2D eigenvalue weighted by molar-refractivity contribution is 5.87. The van der Waals surface area contributed by atoms with E-state index in [1.54, 1.807) is 20.0 Å². The monoisotopic (exact) mass is 222 g/mol. The van der Waals surface area contributed by atoms with Gasteiger partial charge in [0, 0.05) is 6.07 Å². The normalized spacial score (nSPS) is 9.88. The molecule has 16 heavy (non-hydrogen) atoms. The van der Waals surface area contributed by atoms with Gasteiger partial charge in [-0.3, -0.25) is 4.79 Å². The Kier molecular flexibility index (Phi) is 3.99. The maximum absolute atomic E-state index is 11.5. The van der Waals surface area contributed by atoms with E-state index in [1.807, 2.05) is 0 Å². The number of rotatable bonds is 4. The van der Waals surface area contributed by atoms with Crippen molar-refractivity contribution in [3.05, 3.63) is 40.3 Å². The Morgan fingerprint density at radius 2 is 2.31 bits per heavy atom. The van der Waals surface area contributed by atoms with Crippen LogP contribution in [0.3, 0.4) is 0 Å². The number of carbonyl (C=O) groups is 1. The second-order valence-electron chi connectivity index (χ2n) is 3.35. The largest absolute Gasteiger partial charge is 0.463 e. The molecule has 0 spiro atoms. The van der Waals surface area contributed by atoms with Crippen molar-refractivity contribution in [1.82, 2.24) is 9.78 Å². The van der Waals surface area contributed by atoms with Crippen LogP contribution in [0.4, 0.5) is 0 Å². The Balaban J connectivity index is 2.77. The van der Waals surface area contributed by atoms with Gasteiger partial charge in [-0.05, 0) is 19.4 Å². The maximum atomic E-state index is 11.5. The zero-order valence-corrected chi connectivity index (χ0v) is 9.40. The van der Waals surface area contributed by atoms with Gasteiger partial charge >= 0.3 is 5.97 Å². The van der Waals surface area contributed by atoms with Gasteiger partial charge in [0.2, 0.25) is 0 Å². The fraction of sp³-hybridized carbons (Fsp3) is 0.364. The summed E-state index contributed by atoms with van der Waals surface area (Å²) in [4.78, 5) is 22.7. The van der Waals surface area contributed by atoms with Crippen LogP contribution in [0.1, 0.15) is 12.5 Å². The van der Waals surface area contributed by atoms with Crippen LogP contribution in [0, 0.1) is 6.92 Å². The molecule has 1 aromatic heterocycles. The lowest BCUT2D eigenvalue weighted by molar-refractivity contribution is -0.138. The average Bonchev–Trinajstić information content (AvgIpc) is 2.22. The van der Waals surface area contributed by atoms with Crippen LogP contribution in [0.25, 0.3) is 0 Å². The number of nitrogens with zero attached hydrogens (tertiary/aromatic N) is 2. The molecule has 0 fully saturated rings. The van der Waals surface area contributed by atoms with Gasteiger partial charge < -0.3 is 4.74 Å². The van der Waals surface area contributed by atoms with Crippen molar-refractivity contribution < 1.29 is 9.53 Å². The van der Waals surface area contributed by atoms with Crippen molar-refractivity contribution in [2.24, 2.45) is 0 Å². The van der Waals surface area contributed by atoms with E-state index in [-0.39, 0.29) is 24.3 Å². The predicted molar refractivity (Wildman–Crippen MR) is 59.0 cm³/mol. The third-order valence-corrected chi connectivity index (χ3v) is 1.91. The molecule has 0 atom stereocenters. The van der Waals surface area contributed by atoms with Crippen LogP contribution in [-0.2, 0) is 16.1 Å². The molecule has 0 saturated carbocycles. The van der Waals surface area contributed by atoms with Gasteiger partial charge in [-0.2, -0.15) is 5.10 Å². The lowest BCUT2D eigenvalue weighted by Crippen LogP contribution is -2.25. The molecule has 0 unspecified atom stereocenters. The van der Waals surface area contributed by atoms with Crippen molar-refractivity contribution in [1.29, 1.82) is 0 Å². The van der Waals surface area contributed by atoms with E-state index < -0.39 is 5.97 Å². The first-order valence-corrected chi connectivity index (χ1v) is 4.93. The molecule has 0 aliphatic heterocycles. The molecule has 1 aromatic rings. The molecular weight excluding hydrogens is 208 g/mol. The molecule has 0 amide bonds. The van der Waals surface area contributed by atoms with E-state index in [0.717, 1.165) is 5.56 Å². The first-order chi connectivity index (χ1) is 7.54. The molecule has 1 heterocycles. The van der Waals surface area contributed by atoms with Crippen LogP contribution in [0.15, 0.2) is 29.2 Å². The summed E-state index contributed by atoms with van der Waals surface area (Å²) in [5.74, 6) is -0.503. The van der Waals surface area contributed by atoms with Crippen LogP contribution in [0.5, 0.6) is 0 Å². The lowest BCUT2D eigenvalue weighted by Gasteiger charge is -2.06. The summed E-state index contributed by atoms with van der Waals surface area (Å²) in [5, 5.41) is 3.90. The van der Waals surface area contributed by atoms with Gasteiger partial charge in [-0.15, -0.1) is 0 Å². The van der Waals surface area contributed by atoms with Crippen molar-refractivity contribution in [2.45, 2.75) is 20.4 Å². The van der Waals surface area contributed by atoms with Crippen molar-refractivity contribution in [3.8, 4) is 0 Å². The van der Waals surface area contributed by atoms with Crippen LogP contribution < -0.4 is 5.56 Å². The van der Waals surface area contributed by atoms with Gasteiger partial charge in [0.25, 0.3) is 5.56 Å². The highest BCUT2D eigenvalue weighted by atomic mass is 16.5. The number of esters is 1. The molecule has 0 aliphatic rings.